The van der Waals surface area contributed by atoms with Gasteiger partial charge in [0.25, 0.3) is 5.91 Å². The molecular formula is C12H13Cl2NO4. The largest absolute Gasteiger partial charge is 0.482 e. The minimum absolute atomic E-state index is 0.283. The number of nitrogens with one attached hydrogen (secondary N) is 1. The van der Waals surface area contributed by atoms with Crippen molar-refractivity contribution in [1.29, 1.82) is 0 Å². The number of rotatable bonds is 6. The molecule has 1 atom stereocenters. The van der Waals surface area contributed by atoms with Crippen LogP contribution in [0.5, 0.6) is 5.75 Å². The highest BCUT2D eigenvalue weighted by Gasteiger charge is 2.17. The predicted octanol–water partition coefficient (Wildman–Crippen LogP) is 2.35. The van der Waals surface area contributed by atoms with Crippen molar-refractivity contribution in [1.82, 2.24) is 5.32 Å². The van der Waals surface area contributed by atoms with E-state index in [-0.39, 0.29) is 11.6 Å². The van der Waals surface area contributed by atoms with E-state index in [9.17, 15) is 9.59 Å². The average Bonchev–Trinajstić information content (AvgIpc) is 2.34. The summed E-state index contributed by atoms with van der Waals surface area (Å²) in [4.78, 5) is 22.2. The molecule has 0 heterocycles. The Bertz CT molecular complexity index is 479. The number of carboxylic acid groups (broad SMARTS) is 1. The van der Waals surface area contributed by atoms with Gasteiger partial charge in [-0.25, -0.2) is 4.79 Å². The third-order valence-electron chi connectivity index (χ3n) is 2.29. The summed E-state index contributed by atoms with van der Waals surface area (Å²) in [5.41, 5.74) is 0. The molecule has 0 aliphatic rings. The molecule has 19 heavy (non-hydrogen) atoms. The summed E-state index contributed by atoms with van der Waals surface area (Å²) in [7, 11) is 0. The summed E-state index contributed by atoms with van der Waals surface area (Å²) in [6, 6.07) is 3.68. The van der Waals surface area contributed by atoms with Crippen molar-refractivity contribution in [3.05, 3.63) is 28.2 Å². The Hall–Kier alpha value is -1.46. The molecule has 5 nitrogen and oxygen atoms in total. The lowest BCUT2D eigenvalue weighted by Gasteiger charge is -2.13. The average molecular weight is 306 g/mol. The van der Waals surface area contributed by atoms with E-state index in [1.807, 2.05) is 0 Å². The molecule has 7 heteroatoms. The second-order valence-electron chi connectivity index (χ2n) is 3.73. The van der Waals surface area contributed by atoms with Crippen LogP contribution in [0.3, 0.4) is 0 Å². The maximum Gasteiger partial charge on any atom is 0.326 e. The number of amides is 1. The monoisotopic (exact) mass is 305 g/mol. The zero-order valence-electron chi connectivity index (χ0n) is 10.2. The quantitative estimate of drug-likeness (QED) is 0.846. The summed E-state index contributed by atoms with van der Waals surface area (Å²) in [5.74, 6) is -1.30. The van der Waals surface area contributed by atoms with E-state index >= 15 is 0 Å². The molecule has 0 aromatic heterocycles. The first-order valence-electron chi connectivity index (χ1n) is 5.54. The maximum atomic E-state index is 11.5. The Morgan fingerprint density at radius 1 is 1.42 bits per heavy atom. The number of benzene rings is 1. The van der Waals surface area contributed by atoms with Crippen molar-refractivity contribution < 1.29 is 19.4 Å². The van der Waals surface area contributed by atoms with Gasteiger partial charge in [-0.3, -0.25) is 4.79 Å². The standard InChI is InChI=1S/C12H13Cl2NO4/c1-2-9(12(17)18)15-11(16)6-19-10-4-3-7(13)5-8(10)14/h3-5,9H,2,6H2,1H3,(H,15,16)(H,17,18)/t9-/m0/s1. The van der Waals surface area contributed by atoms with Gasteiger partial charge in [-0.1, -0.05) is 30.1 Å². The molecule has 0 saturated carbocycles. The molecule has 0 unspecified atom stereocenters. The number of hydrogen-bond donors (Lipinski definition) is 2. The van der Waals surface area contributed by atoms with E-state index in [1.54, 1.807) is 13.0 Å². The van der Waals surface area contributed by atoms with Crippen molar-refractivity contribution in [3.8, 4) is 5.75 Å². The van der Waals surface area contributed by atoms with E-state index in [2.05, 4.69) is 5.32 Å². The predicted molar refractivity (Wildman–Crippen MR) is 71.8 cm³/mol. The number of ether oxygens (including phenoxy) is 1. The number of carboxylic acids is 1. The molecular weight excluding hydrogens is 293 g/mol. The van der Waals surface area contributed by atoms with Gasteiger partial charge in [0.1, 0.15) is 11.8 Å². The van der Waals surface area contributed by atoms with Crippen LogP contribution in [-0.4, -0.2) is 29.6 Å². The third-order valence-corrected chi connectivity index (χ3v) is 2.82. The fraction of sp³-hybridized carbons (Fsp3) is 0.333. The molecule has 0 saturated heterocycles. The molecule has 1 aromatic carbocycles. The van der Waals surface area contributed by atoms with Crippen molar-refractivity contribution in [3.63, 3.8) is 0 Å². The van der Waals surface area contributed by atoms with Crippen LogP contribution in [0.25, 0.3) is 0 Å². The fourth-order valence-corrected chi connectivity index (χ4v) is 1.77. The van der Waals surface area contributed by atoms with Gasteiger partial charge in [0.05, 0.1) is 5.02 Å². The second-order valence-corrected chi connectivity index (χ2v) is 4.57. The van der Waals surface area contributed by atoms with Gasteiger partial charge >= 0.3 is 5.97 Å². The molecule has 0 spiro atoms. The van der Waals surface area contributed by atoms with Crippen LogP contribution in [0.1, 0.15) is 13.3 Å². The van der Waals surface area contributed by atoms with Crippen LogP contribution < -0.4 is 10.1 Å². The third kappa shape index (κ3) is 4.96. The van der Waals surface area contributed by atoms with E-state index in [0.717, 1.165) is 0 Å². The molecule has 104 valence electrons. The van der Waals surface area contributed by atoms with Crippen molar-refractivity contribution >= 4 is 35.1 Å². The van der Waals surface area contributed by atoms with Crippen LogP contribution in [0, 0.1) is 0 Å². The van der Waals surface area contributed by atoms with Crippen molar-refractivity contribution in [2.24, 2.45) is 0 Å². The van der Waals surface area contributed by atoms with Gasteiger partial charge in [0, 0.05) is 5.02 Å². The normalized spacial score (nSPS) is 11.7. The molecule has 1 amide bonds. The summed E-state index contributed by atoms with van der Waals surface area (Å²) in [6.45, 7) is 1.35. The highest BCUT2D eigenvalue weighted by Crippen LogP contribution is 2.27. The first-order chi connectivity index (χ1) is 8.93. The summed E-state index contributed by atoms with van der Waals surface area (Å²) in [6.07, 6.45) is 0.294. The summed E-state index contributed by atoms with van der Waals surface area (Å²) in [5, 5.41) is 11.9. The molecule has 2 N–H and O–H groups in total. The summed E-state index contributed by atoms with van der Waals surface area (Å²) < 4.78 is 5.18. The second kappa shape index (κ2) is 7.21. The number of carbonyl (C=O) groups excluding carboxylic acids is 1. The van der Waals surface area contributed by atoms with Crippen LogP contribution >= 0.6 is 23.2 Å². The van der Waals surface area contributed by atoms with Crippen LogP contribution in [-0.2, 0) is 9.59 Å². The van der Waals surface area contributed by atoms with Gasteiger partial charge in [0.15, 0.2) is 6.61 Å². The smallest absolute Gasteiger partial charge is 0.326 e. The molecule has 0 aliphatic carbocycles. The zero-order valence-corrected chi connectivity index (χ0v) is 11.7. The van der Waals surface area contributed by atoms with Crippen LogP contribution in [0.2, 0.25) is 10.0 Å². The van der Waals surface area contributed by atoms with Gasteiger partial charge in [-0.15, -0.1) is 0 Å². The number of aliphatic carboxylic acids is 1. The fourth-order valence-electron chi connectivity index (χ4n) is 1.31. The molecule has 0 aliphatic heterocycles. The molecule has 1 aromatic rings. The van der Waals surface area contributed by atoms with E-state index in [0.29, 0.717) is 17.2 Å². The lowest BCUT2D eigenvalue weighted by atomic mass is 10.2. The molecule has 0 bridgehead atoms. The minimum Gasteiger partial charge on any atom is -0.482 e. The number of carbonyl (C=O) groups is 2. The summed E-state index contributed by atoms with van der Waals surface area (Å²) >= 11 is 11.6. The first-order valence-corrected chi connectivity index (χ1v) is 6.29. The van der Waals surface area contributed by atoms with Crippen LogP contribution in [0.4, 0.5) is 0 Å². The van der Waals surface area contributed by atoms with Gasteiger partial charge < -0.3 is 15.2 Å². The first kappa shape index (κ1) is 15.6. The van der Waals surface area contributed by atoms with Gasteiger partial charge in [0.2, 0.25) is 0 Å². The SMILES string of the molecule is CC[C@H](NC(=O)COc1ccc(Cl)cc1Cl)C(=O)O. The zero-order chi connectivity index (χ0) is 14.4. The van der Waals surface area contributed by atoms with Gasteiger partial charge in [-0.05, 0) is 24.6 Å². The van der Waals surface area contributed by atoms with Gasteiger partial charge in [-0.2, -0.15) is 0 Å². The Kier molecular flexibility index (Phi) is 5.92. The Morgan fingerprint density at radius 3 is 2.63 bits per heavy atom. The maximum absolute atomic E-state index is 11.5. The molecule has 1 rings (SSSR count). The Labute approximate surface area is 120 Å². The highest BCUT2D eigenvalue weighted by molar-refractivity contribution is 6.35. The highest BCUT2D eigenvalue weighted by atomic mass is 35.5. The Morgan fingerprint density at radius 2 is 2.11 bits per heavy atom. The minimum atomic E-state index is -1.08. The topological polar surface area (TPSA) is 75.6 Å². The van der Waals surface area contributed by atoms with Crippen LogP contribution in [0.15, 0.2) is 18.2 Å². The molecule has 0 fully saturated rings. The van der Waals surface area contributed by atoms with E-state index in [4.69, 9.17) is 33.0 Å². The number of hydrogen-bond acceptors (Lipinski definition) is 3. The number of halogens is 2. The lowest BCUT2D eigenvalue weighted by molar-refractivity contribution is -0.142. The lowest BCUT2D eigenvalue weighted by Crippen LogP contribution is -2.42. The van der Waals surface area contributed by atoms with Crippen molar-refractivity contribution in [2.45, 2.75) is 19.4 Å². The Balaban J connectivity index is 2.52. The van der Waals surface area contributed by atoms with Crippen molar-refractivity contribution in [2.75, 3.05) is 6.61 Å². The van der Waals surface area contributed by atoms with E-state index < -0.39 is 17.9 Å². The molecule has 0 radical (unpaired) electrons. The van der Waals surface area contributed by atoms with E-state index in [1.165, 1.54) is 12.1 Å².